The second kappa shape index (κ2) is 8.17. The second-order valence-electron chi connectivity index (χ2n) is 4.88. The molecule has 0 radical (unpaired) electrons. The maximum Gasteiger partial charge on any atom is 0.243 e. The van der Waals surface area contributed by atoms with Gasteiger partial charge in [0.05, 0.1) is 25.0 Å². The summed E-state index contributed by atoms with van der Waals surface area (Å²) in [5, 5.41) is 5.56. The SMILES string of the molecule is CC(C)Oc1ccc(NC(=O)C2COCCN2)c(F)c1.Cl. The summed E-state index contributed by atoms with van der Waals surface area (Å²) in [7, 11) is 0. The summed E-state index contributed by atoms with van der Waals surface area (Å²) in [5.74, 6) is -0.385. The lowest BCUT2D eigenvalue weighted by Gasteiger charge is -2.23. The number of halogens is 2. The number of anilines is 1. The summed E-state index contributed by atoms with van der Waals surface area (Å²) < 4.78 is 24.5. The van der Waals surface area contributed by atoms with Crippen LogP contribution in [0, 0.1) is 5.82 Å². The van der Waals surface area contributed by atoms with Gasteiger partial charge in [-0.2, -0.15) is 0 Å². The molecule has 1 heterocycles. The molecule has 5 nitrogen and oxygen atoms in total. The normalized spacial score (nSPS) is 18.0. The molecule has 1 amide bonds. The van der Waals surface area contributed by atoms with Crippen molar-refractivity contribution in [2.75, 3.05) is 25.1 Å². The molecule has 21 heavy (non-hydrogen) atoms. The molecule has 0 aromatic heterocycles. The van der Waals surface area contributed by atoms with E-state index in [4.69, 9.17) is 9.47 Å². The number of hydrogen-bond acceptors (Lipinski definition) is 4. The summed E-state index contributed by atoms with van der Waals surface area (Å²) in [6.45, 7) is 5.22. The van der Waals surface area contributed by atoms with Crippen molar-refractivity contribution >= 4 is 24.0 Å². The van der Waals surface area contributed by atoms with Crippen LogP contribution >= 0.6 is 12.4 Å². The molecule has 2 N–H and O–H groups in total. The smallest absolute Gasteiger partial charge is 0.243 e. The van der Waals surface area contributed by atoms with Gasteiger partial charge in [-0.3, -0.25) is 4.79 Å². The molecule has 0 saturated carbocycles. The summed E-state index contributed by atoms with van der Waals surface area (Å²) in [4.78, 5) is 11.9. The third-order valence-electron chi connectivity index (χ3n) is 2.81. The van der Waals surface area contributed by atoms with Gasteiger partial charge in [0.15, 0.2) is 0 Å². The van der Waals surface area contributed by atoms with E-state index in [2.05, 4.69) is 10.6 Å². The molecule has 1 aliphatic rings. The zero-order valence-corrected chi connectivity index (χ0v) is 12.8. The first-order valence-electron chi connectivity index (χ1n) is 6.64. The second-order valence-corrected chi connectivity index (χ2v) is 4.88. The Hall–Kier alpha value is -1.37. The molecule has 1 aromatic carbocycles. The quantitative estimate of drug-likeness (QED) is 0.891. The van der Waals surface area contributed by atoms with Crippen molar-refractivity contribution in [3.63, 3.8) is 0 Å². The minimum Gasteiger partial charge on any atom is -0.491 e. The van der Waals surface area contributed by atoms with Crippen molar-refractivity contribution in [1.29, 1.82) is 0 Å². The number of amides is 1. The third kappa shape index (κ3) is 5.15. The van der Waals surface area contributed by atoms with Gasteiger partial charge in [-0.05, 0) is 26.0 Å². The number of carbonyl (C=O) groups is 1. The van der Waals surface area contributed by atoms with Crippen molar-refractivity contribution in [2.24, 2.45) is 0 Å². The van der Waals surface area contributed by atoms with Gasteiger partial charge in [-0.25, -0.2) is 4.39 Å². The highest BCUT2D eigenvalue weighted by Gasteiger charge is 2.22. The monoisotopic (exact) mass is 318 g/mol. The lowest BCUT2D eigenvalue weighted by atomic mass is 10.2. The molecule has 1 saturated heterocycles. The van der Waals surface area contributed by atoms with Crippen LogP contribution in [0.5, 0.6) is 5.75 Å². The van der Waals surface area contributed by atoms with Crippen LogP contribution in [-0.2, 0) is 9.53 Å². The van der Waals surface area contributed by atoms with E-state index in [-0.39, 0.29) is 30.1 Å². The molecule has 118 valence electrons. The Labute approximate surface area is 129 Å². The number of ether oxygens (including phenoxy) is 2. The number of rotatable bonds is 4. The number of morpholine rings is 1. The zero-order chi connectivity index (χ0) is 14.5. The standard InChI is InChI=1S/C14H19FN2O3.ClH/c1-9(2)20-10-3-4-12(11(15)7-10)17-14(18)13-8-19-6-5-16-13;/h3-4,7,9,13,16H,5-6,8H2,1-2H3,(H,17,18);1H. The molecule has 1 aliphatic heterocycles. The van der Waals surface area contributed by atoms with Gasteiger partial charge in [-0.1, -0.05) is 0 Å². The van der Waals surface area contributed by atoms with Crippen LogP contribution in [0.3, 0.4) is 0 Å². The van der Waals surface area contributed by atoms with E-state index in [1.165, 1.54) is 12.1 Å². The zero-order valence-electron chi connectivity index (χ0n) is 12.0. The van der Waals surface area contributed by atoms with Gasteiger partial charge in [0.2, 0.25) is 5.91 Å². The third-order valence-corrected chi connectivity index (χ3v) is 2.81. The number of hydrogen-bond donors (Lipinski definition) is 2. The molecule has 1 aromatic rings. The maximum absolute atomic E-state index is 13.9. The van der Waals surface area contributed by atoms with Crippen LogP contribution in [0.2, 0.25) is 0 Å². The van der Waals surface area contributed by atoms with E-state index in [9.17, 15) is 9.18 Å². The fraction of sp³-hybridized carbons (Fsp3) is 0.500. The van der Waals surface area contributed by atoms with E-state index < -0.39 is 11.9 Å². The average molecular weight is 319 g/mol. The molecule has 1 fully saturated rings. The first-order chi connectivity index (χ1) is 9.56. The lowest BCUT2D eigenvalue weighted by Crippen LogP contribution is -2.48. The van der Waals surface area contributed by atoms with Crippen LogP contribution in [0.1, 0.15) is 13.8 Å². The number of carbonyl (C=O) groups excluding carboxylic acids is 1. The Morgan fingerprint density at radius 2 is 2.29 bits per heavy atom. The average Bonchev–Trinajstić information content (AvgIpc) is 2.42. The number of nitrogens with one attached hydrogen (secondary N) is 2. The fourth-order valence-corrected chi connectivity index (χ4v) is 1.90. The largest absolute Gasteiger partial charge is 0.491 e. The molecule has 0 spiro atoms. The molecule has 2 rings (SSSR count). The van der Waals surface area contributed by atoms with Gasteiger partial charge >= 0.3 is 0 Å². The molecule has 0 bridgehead atoms. The van der Waals surface area contributed by atoms with Gasteiger partial charge in [0.1, 0.15) is 17.6 Å². The van der Waals surface area contributed by atoms with E-state index in [0.717, 1.165) is 0 Å². The minimum absolute atomic E-state index is 0. The Morgan fingerprint density at radius 3 is 2.86 bits per heavy atom. The van der Waals surface area contributed by atoms with Crippen molar-refractivity contribution in [1.82, 2.24) is 5.32 Å². The summed E-state index contributed by atoms with van der Waals surface area (Å²) >= 11 is 0. The van der Waals surface area contributed by atoms with Gasteiger partial charge in [0, 0.05) is 12.6 Å². The van der Waals surface area contributed by atoms with Crippen molar-refractivity contribution in [3.05, 3.63) is 24.0 Å². The molecule has 7 heteroatoms. The summed E-state index contributed by atoms with van der Waals surface area (Å²) in [5.41, 5.74) is 0.137. The van der Waals surface area contributed by atoms with Gasteiger partial charge in [0.25, 0.3) is 0 Å². The first kappa shape index (κ1) is 17.7. The van der Waals surface area contributed by atoms with Crippen molar-refractivity contribution in [2.45, 2.75) is 26.0 Å². The molecular formula is C14H20ClFN2O3. The van der Waals surface area contributed by atoms with E-state index in [0.29, 0.717) is 25.5 Å². The highest BCUT2D eigenvalue weighted by molar-refractivity contribution is 5.95. The maximum atomic E-state index is 13.9. The number of benzene rings is 1. The summed E-state index contributed by atoms with van der Waals surface area (Å²) in [6.07, 6.45) is -0.0292. The Bertz CT molecular complexity index is 479. The van der Waals surface area contributed by atoms with Gasteiger partial charge in [-0.15, -0.1) is 12.4 Å². The van der Waals surface area contributed by atoms with Crippen molar-refractivity contribution < 1.29 is 18.7 Å². The van der Waals surface area contributed by atoms with Crippen LogP contribution in [0.15, 0.2) is 18.2 Å². The summed E-state index contributed by atoms with van der Waals surface area (Å²) in [6, 6.07) is 3.94. The molecular weight excluding hydrogens is 299 g/mol. The molecule has 0 aliphatic carbocycles. The highest BCUT2D eigenvalue weighted by Crippen LogP contribution is 2.21. The lowest BCUT2D eigenvalue weighted by molar-refractivity contribution is -0.120. The first-order valence-corrected chi connectivity index (χ1v) is 6.64. The van der Waals surface area contributed by atoms with Crippen molar-refractivity contribution in [3.8, 4) is 5.75 Å². The van der Waals surface area contributed by atoms with Crippen LogP contribution in [0.4, 0.5) is 10.1 Å². The van der Waals surface area contributed by atoms with E-state index in [1.54, 1.807) is 6.07 Å². The highest BCUT2D eigenvalue weighted by atomic mass is 35.5. The predicted molar refractivity (Wildman–Crippen MR) is 80.7 cm³/mol. The molecule has 1 unspecified atom stereocenters. The molecule has 1 atom stereocenters. The van der Waals surface area contributed by atoms with E-state index in [1.807, 2.05) is 13.8 Å². The fourth-order valence-electron chi connectivity index (χ4n) is 1.90. The predicted octanol–water partition coefficient (Wildman–Crippen LogP) is 1.96. The topological polar surface area (TPSA) is 59.6 Å². The Morgan fingerprint density at radius 1 is 1.52 bits per heavy atom. The van der Waals surface area contributed by atoms with Crippen LogP contribution in [-0.4, -0.2) is 37.8 Å². The van der Waals surface area contributed by atoms with E-state index >= 15 is 0 Å². The van der Waals surface area contributed by atoms with Gasteiger partial charge < -0.3 is 20.1 Å². The van der Waals surface area contributed by atoms with Crippen LogP contribution < -0.4 is 15.4 Å². The minimum atomic E-state index is -0.520. The Kier molecular flexibility index (Phi) is 6.87. The van der Waals surface area contributed by atoms with Crippen LogP contribution in [0.25, 0.3) is 0 Å². The Balaban J connectivity index is 0.00000220.